The number of aldehydes is 1. The van der Waals surface area contributed by atoms with Gasteiger partial charge in [0.25, 0.3) is 11.8 Å². The van der Waals surface area contributed by atoms with Crippen LogP contribution in [0, 0.1) is 0 Å². The number of halogens is 2. The van der Waals surface area contributed by atoms with Gasteiger partial charge in [-0.05, 0) is 23.8 Å². The molecule has 3 amide bonds. The van der Waals surface area contributed by atoms with Crippen molar-refractivity contribution in [2.75, 3.05) is 6.54 Å². The molecule has 0 unspecified atom stereocenters. The van der Waals surface area contributed by atoms with Gasteiger partial charge in [-0.3, -0.25) is 19.2 Å². The number of carbonyl (C=O) groups excluding carboxylic acids is 4. The monoisotopic (exact) mass is 475 g/mol. The van der Waals surface area contributed by atoms with Gasteiger partial charge < -0.3 is 25.4 Å². The molecule has 1 saturated heterocycles. The van der Waals surface area contributed by atoms with Crippen LogP contribution < -0.4 is 10.6 Å². The molecule has 1 aliphatic heterocycles. The van der Waals surface area contributed by atoms with Crippen molar-refractivity contribution >= 4 is 40.7 Å². The Morgan fingerprint density at radius 2 is 1.82 bits per heavy atom. The summed E-state index contributed by atoms with van der Waals surface area (Å²) in [5, 5.41) is 14.8. The normalized spacial score (nSPS) is 18.7. The number of alkyl halides is 2. The maximum Gasteiger partial charge on any atom is 0.305 e. The number of nitrogens with one attached hydrogen (secondary N) is 2. The average molecular weight is 475 g/mol. The van der Waals surface area contributed by atoms with E-state index in [-0.39, 0.29) is 6.29 Å². The summed E-state index contributed by atoms with van der Waals surface area (Å²) in [4.78, 5) is 60.8. The number of fused-ring (bicyclic) bond motifs is 1. The molecule has 1 heterocycles. The van der Waals surface area contributed by atoms with Gasteiger partial charge in [-0.25, -0.2) is 8.78 Å². The fourth-order valence-electron chi connectivity index (χ4n) is 3.89. The van der Waals surface area contributed by atoms with E-state index in [1.807, 2.05) is 12.1 Å². The Balaban J connectivity index is 1.75. The zero-order valence-electron chi connectivity index (χ0n) is 18.2. The molecule has 3 N–H and O–H groups in total. The first-order valence-corrected chi connectivity index (χ1v) is 10.5. The van der Waals surface area contributed by atoms with Crippen LogP contribution in [0.2, 0.25) is 0 Å². The number of carboxylic acid groups (broad SMARTS) is 1. The first kappa shape index (κ1) is 24.7. The van der Waals surface area contributed by atoms with Crippen LogP contribution >= 0.6 is 0 Å². The number of hydrogen-bond acceptors (Lipinski definition) is 5. The summed E-state index contributed by atoms with van der Waals surface area (Å²) in [6.45, 7) is 0.262. The van der Waals surface area contributed by atoms with Crippen molar-refractivity contribution in [2.45, 2.75) is 43.8 Å². The van der Waals surface area contributed by atoms with E-state index in [4.69, 9.17) is 5.11 Å². The van der Waals surface area contributed by atoms with Gasteiger partial charge in [0.05, 0.1) is 19.0 Å². The maximum absolute atomic E-state index is 14.1. The minimum absolute atomic E-state index is 0.179. The molecule has 3 rings (SSSR count). The quantitative estimate of drug-likeness (QED) is 0.494. The Bertz CT molecular complexity index is 1130. The highest BCUT2D eigenvalue weighted by molar-refractivity contribution is 6.08. The Labute approximate surface area is 193 Å². The number of nitrogens with zero attached hydrogens (tertiary/aromatic N) is 1. The SMILES string of the molecule is C[C@H](NC(=O)c1cccc2ccccc12)C(=O)N1CC(F)(F)C[C@H]1C(=O)N[C@H](C=O)CC(=O)O. The summed E-state index contributed by atoms with van der Waals surface area (Å²) in [7, 11) is 0. The smallest absolute Gasteiger partial charge is 0.305 e. The lowest BCUT2D eigenvalue weighted by molar-refractivity contribution is -0.142. The van der Waals surface area contributed by atoms with Gasteiger partial charge in [-0.2, -0.15) is 0 Å². The Morgan fingerprint density at radius 1 is 1.15 bits per heavy atom. The number of rotatable bonds is 8. The van der Waals surface area contributed by atoms with Crippen LogP contribution in [-0.2, 0) is 19.2 Å². The molecule has 1 aliphatic rings. The van der Waals surface area contributed by atoms with Gasteiger partial charge in [0.15, 0.2) is 0 Å². The summed E-state index contributed by atoms with van der Waals surface area (Å²) < 4.78 is 28.3. The minimum Gasteiger partial charge on any atom is -0.481 e. The van der Waals surface area contributed by atoms with Gasteiger partial charge in [-0.1, -0.05) is 36.4 Å². The zero-order chi connectivity index (χ0) is 25.0. The lowest BCUT2D eigenvalue weighted by Crippen LogP contribution is -2.54. The number of amides is 3. The third-order valence-corrected chi connectivity index (χ3v) is 5.49. The zero-order valence-corrected chi connectivity index (χ0v) is 18.2. The van der Waals surface area contributed by atoms with Crippen molar-refractivity contribution < 1.29 is 37.9 Å². The van der Waals surface area contributed by atoms with Crippen molar-refractivity contribution in [1.82, 2.24) is 15.5 Å². The van der Waals surface area contributed by atoms with E-state index in [1.54, 1.807) is 30.3 Å². The minimum atomic E-state index is -3.37. The van der Waals surface area contributed by atoms with Crippen LogP contribution in [0.15, 0.2) is 42.5 Å². The molecular formula is C23H23F2N3O6. The molecule has 34 heavy (non-hydrogen) atoms. The topological polar surface area (TPSA) is 133 Å². The van der Waals surface area contributed by atoms with E-state index < -0.39 is 67.1 Å². The van der Waals surface area contributed by atoms with Crippen LogP contribution in [0.1, 0.15) is 30.1 Å². The highest BCUT2D eigenvalue weighted by Gasteiger charge is 2.51. The molecular weight excluding hydrogens is 452 g/mol. The molecule has 180 valence electrons. The van der Waals surface area contributed by atoms with Crippen molar-refractivity contribution in [3.05, 3.63) is 48.0 Å². The largest absolute Gasteiger partial charge is 0.481 e. The summed E-state index contributed by atoms with van der Waals surface area (Å²) in [6, 6.07) is 7.86. The van der Waals surface area contributed by atoms with E-state index in [0.29, 0.717) is 15.8 Å². The molecule has 0 aromatic heterocycles. The van der Waals surface area contributed by atoms with Crippen LogP contribution in [-0.4, -0.2) is 70.6 Å². The highest BCUT2D eigenvalue weighted by atomic mass is 19.3. The molecule has 0 spiro atoms. The fraction of sp³-hybridized carbons (Fsp3) is 0.348. The average Bonchev–Trinajstić information content (AvgIpc) is 3.12. The molecule has 2 aromatic rings. The number of benzene rings is 2. The molecule has 9 nitrogen and oxygen atoms in total. The summed E-state index contributed by atoms with van der Waals surface area (Å²) in [5.74, 6) is -7.32. The highest BCUT2D eigenvalue weighted by Crippen LogP contribution is 2.32. The van der Waals surface area contributed by atoms with E-state index >= 15 is 0 Å². The number of likely N-dealkylation sites (tertiary alicyclic amines) is 1. The third kappa shape index (κ3) is 5.53. The number of carbonyl (C=O) groups is 5. The standard InChI is InChI=1S/C23H23F2N3O6/c1-13(26-20(32)17-8-4-6-14-5-2-3-7-16(14)17)22(34)28-12-23(24,25)10-18(28)21(33)27-15(11-29)9-19(30)31/h2-8,11,13,15,18H,9-10,12H2,1H3,(H,26,32)(H,27,33)(H,30,31)/t13-,15-,18-/m0/s1. The van der Waals surface area contributed by atoms with Crippen LogP contribution in [0.4, 0.5) is 8.78 Å². The first-order valence-electron chi connectivity index (χ1n) is 10.5. The number of carboxylic acids is 1. The number of aliphatic carboxylic acids is 1. The van der Waals surface area contributed by atoms with E-state index in [2.05, 4.69) is 10.6 Å². The first-order chi connectivity index (χ1) is 16.0. The Hall–Kier alpha value is -3.89. The summed E-state index contributed by atoms with van der Waals surface area (Å²) >= 11 is 0. The van der Waals surface area contributed by atoms with E-state index in [1.165, 1.54) is 6.92 Å². The predicted molar refractivity (Wildman–Crippen MR) is 116 cm³/mol. The second kappa shape index (κ2) is 9.94. The second-order valence-corrected chi connectivity index (χ2v) is 8.11. The second-order valence-electron chi connectivity index (χ2n) is 8.11. The van der Waals surface area contributed by atoms with E-state index in [9.17, 15) is 32.8 Å². The molecule has 0 saturated carbocycles. The lowest BCUT2D eigenvalue weighted by Gasteiger charge is -2.27. The van der Waals surface area contributed by atoms with Crippen molar-refractivity contribution in [3.8, 4) is 0 Å². The fourth-order valence-corrected chi connectivity index (χ4v) is 3.89. The summed E-state index contributed by atoms with van der Waals surface area (Å²) in [6.07, 6.45) is -1.55. The molecule has 3 atom stereocenters. The van der Waals surface area contributed by atoms with Crippen molar-refractivity contribution in [3.63, 3.8) is 0 Å². The van der Waals surface area contributed by atoms with Gasteiger partial charge >= 0.3 is 5.97 Å². The van der Waals surface area contributed by atoms with E-state index in [0.717, 1.165) is 5.39 Å². The van der Waals surface area contributed by atoms with Gasteiger partial charge in [-0.15, -0.1) is 0 Å². The molecule has 0 radical (unpaired) electrons. The summed E-state index contributed by atoms with van der Waals surface area (Å²) in [5.41, 5.74) is 0.293. The molecule has 2 aromatic carbocycles. The van der Waals surface area contributed by atoms with Crippen LogP contribution in [0.3, 0.4) is 0 Å². The number of hydrogen-bond donors (Lipinski definition) is 3. The van der Waals surface area contributed by atoms with Crippen molar-refractivity contribution in [1.29, 1.82) is 0 Å². The Morgan fingerprint density at radius 3 is 2.50 bits per heavy atom. The Kier molecular flexibility index (Phi) is 7.23. The van der Waals surface area contributed by atoms with Crippen LogP contribution in [0.25, 0.3) is 10.8 Å². The van der Waals surface area contributed by atoms with Gasteiger partial charge in [0.1, 0.15) is 18.4 Å². The predicted octanol–water partition coefficient (Wildman–Crippen LogP) is 1.35. The maximum atomic E-state index is 14.1. The van der Waals surface area contributed by atoms with Crippen LogP contribution in [0.5, 0.6) is 0 Å². The molecule has 11 heteroatoms. The lowest BCUT2D eigenvalue weighted by atomic mass is 10.0. The molecule has 0 bridgehead atoms. The molecule has 0 aliphatic carbocycles. The van der Waals surface area contributed by atoms with Gasteiger partial charge in [0, 0.05) is 12.0 Å². The molecule has 1 fully saturated rings. The third-order valence-electron chi connectivity index (χ3n) is 5.49. The van der Waals surface area contributed by atoms with Gasteiger partial charge in [0.2, 0.25) is 11.8 Å². The van der Waals surface area contributed by atoms with Crippen molar-refractivity contribution in [2.24, 2.45) is 0 Å².